The van der Waals surface area contributed by atoms with Gasteiger partial charge in [0.25, 0.3) is 0 Å². The van der Waals surface area contributed by atoms with Crippen LogP contribution < -0.4 is 5.73 Å². The van der Waals surface area contributed by atoms with Gasteiger partial charge in [-0.05, 0) is 19.4 Å². The zero-order chi connectivity index (χ0) is 10.9. The zero-order valence-corrected chi connectivity index (χ0v) is 9.67. The molecule has 0 aromatic carbocycles. The van der Waals surface area contributed by atoms with Gasteiger partial charge in [0.15, 0.2) is 0 Å². The first kappa shape index (κ1) is 10.9. The average Bonchev–Trinajstić information content (AvgIpc) is 2.17. The summed E-state index contributed by atoms with van der Waals surface area (Å²) in [6.07, 6.45) is 5.90. The van der Waals surface area contributed by atoms with E-state index in [0.717, 1.165) is 32.5 Å². The minimum absolute atomic E-state index is 0.0577. The van der Waals surface area contributed by atoms with Gasteiger partial charge >= 0.3 is 0 Å². The van der Waals surface area contributed by atoms with Crippen LogP contribution in [0.25, 0.3) is 0 Å². The fourth-order valence-corrected chi connectivity index (χ4v) is 2.81. The maximum atomic E-state index is 12.2. The number of nitrogens with two attached hydrogens (primary N) is 1. The van der Waals surface area contributed by atoms with Gasteiger partial charge in [-0.3, -0.25) is 4.79 Å². The number of amides is 1. The molecule has 1 heterocycles. The molecular weight excluding hydrogens is 188 g/mol. The predicted octanol–water partition coefficient (Wildman–Crippen LogP) is 1.37. The van der Waals surface area contributed by atoms with Crippen LogP contribution in [-0.4, -0.2) is 30.4 Å². The van der Waals surface area contributed by atoms with Crippen LogP contribution in [0.15, 0.2) is 0 Å². The third-order valence-electron chi connectivity index (χ3n) is 4.05. The Morgan fingerprint density at radius 3 is 2.47 bits per heavy atom. The number of hydrogen-bond acceptors (Lipinski definition) is 2. The lowest BCUT2D eigenvalue weighted by Crippen LogP contribution is -2.56. The van der Waals surface area contributed by atoms with E-state index in [2.05, 4.69) is 6.92 Å². The molecule has 2 fully saturated rings. The Hall–Kier alpha value is -0.570. The Kier molecular flexibility index (Phi) is 3.01. The van der Waals surface area contributed by atoms with Crippen molar-refractivity contribution in [2.45, 2.75) is 39.0 Å². The highest BCUT2D eigenvalue weighted by molar-refractivity contribution is 5.83. The normalized spacial score (nSPS) is 26.1. The first-order valence-electron chi connectivity index (χ1n) is 6.15. The molecule has 3 heteroatoms. The Labute approximate surface area is 92.0 Å². The summed E-state index contributed by atoms with van der Waals surface area (Å²) in [7, 11) is 0. The molecule has 2 N–H and O–H groups in total. The van der Waals surface area contributed by atoms with Crippen LogP contribution in [-0.2, 0) is 4.79 Å². The van der Waals surface area contributed by atoms with Gasteiger partial charge in [-0.25, -0.2) is 0 Å². The van der Waals surface area contributed by atoms with Crippen LogP contribution in [0.3, 0.4) is 0 Å². The fraction of sp³-hybridized carbons (Fsp3) is 0.917. The molecule has 1 saturated carbocycles. The van der Waals surface area contributed by atoms with Crippen molar-refractivity contribution in [1.29, 1.82) is 0 Å². The van der Waals surface area contributed by atoms with E-state index >= 15 is 0 Å². The second kappa shape index (κ2) is 4.12. The van der Waals surface area contributed by atoms with Gasteiger partial charge in [0.2, 0.25) is 5.91 Å². The molecule has 1 aliphatic carbocycles. The Morgan fingerprint density at radius 1 is 1.33 bits per heavy atom. The molecule has 15 heavy (non-hydrogen) atoms. The van der Waals surface area contributed by atoms with Crippen molar-refractivity contribution in [3.05, 3.63) is 0 Å². The largest absolute Gasteiger partial charge is 0.341 e. The lowest BCUT2D eigenvalue weighted by molar-refractivity contribution is -0.149. The molecule has 2 rings (SSSR count). The van der Waals surface area contributed by atoms with E-state index in [9.17, 15) is 4.79 Å². The molecule has 0 atom stereocenters. The summed E-state index contributed by atoms with van der Waals surface area (Å²) in [4.78, 5) is 14.3. The molecule has 1 amide bonds. The topological polar surface area (TPSA) is 46.3 Å². The molecule has 1 aliphatic heterocycles. The molecule has 0 aromatic rings. The Bertz CT molecular complexity index is 240. The van der Waals surface area contributed by atoms with Crippen molar-refractivity contribution >= 4 is 5.91 Å². The standard InChI is InChI=1S/C12H22N2O/c1-12(5-3-2-4-6-12)11(15)14-8-10(7-13)9-14/h10H,2-9,13H2,1H3. The van der Waals surface area contributed by atoms with Crippen molar-refractivity contribution in [3.8, 4) is 0 Å². The van der Waals surface area contributed by atoms with Gasteiger partial charge in [-0.2, -0.15) is 0 Å². The highest BCUT2D eigenvalue weighted by Gasteiger charge is 2.41. The lowest BCUT2D eigenvalue weighted by Gasteiger charge is -2.45. The number of nitrogens with zero attached hydrogens (tertiary/aromatic N) is 1. The van der Waals surface area contributed by atoms with Crippen molar-refractivity contribution in [2.24, 2.45) is 17.1 Å². The Morgan fingerprint density at radius 2 is 1.93 bits per heavy atom. The Balaban J connectivity index is 1.90. The third kappa shape index (κ3) is 2.03. The molecular formula is C12H22N2O. The summed E-state index contributed by atoms with van der Waals surface area (Å²) in [6.45, 7) is 4.65. The molecule has 0 unspecified atom stereocenters. The number of rotatable bonds is 2. The molecule has 3 nitrogen and oxygen atoms in total. The van der Waals surface area contributed by atoms with Crippen LogP contribution in [0.5, 0.6) is 0 Å². The molecule has 86 valence electrons. The molecule has 0 radical (unpaired) electrons. The van der Waals surface area contributed by atoms with E-state index in [1.54, 1.807) is 0 Å². The first-order valence-corrected chi connectivity index (χ1v) is 6.15. The first-order chi connectivity index (χ1) is 7.15. The monoisotopic (exact) mass is 210 g/mol. The lowest BCUT2D eigenvalue weighted by atomic mass is 9.74. The second-order valence-corrected chi connectivity index (χ2v) is 5.43. The van der Waals surface area contributed by atoms with Crippen molar-refractivity contribution in [3.63, 3.8) is 0 Å². The van der Waals surface area contributed by atoms with Crippen LogP contribution in [0.4, 0.5) is 0 Å². The van der Waals surface area contributed by atoms with Crippen LogP contribution in [0.2, 0.25) is 0 Å². The molecule has 0 aromatic heterocycles. The van der Waals surface area contributed by atoms with E-state index in [1.165, 1.54) is 19.3 Å². The maximum Gasteiger partial charge on any atom is 0.228 e. The molecule has 1 saturated heterocycles. The predicted molar refractivity (Wildman–Crippen MR) is 60.3 cm³/mol. The molecule has 2 aliphatic rings. The minimum Gasteiger partial charge on any atom is -0.341 e. The third-order valence-corrected chi connectivity index (χ3v) is 4.05. The van der Waals surface area contributed by atoms with Crippen LogP contribution >= 0.6 is 0 Å². The van der Waals surface area contributed by atoms with E-state index in [4.69, 9.17) is 5.73 Å². The number of carbonyl (C=O) groups is 1. The van der Waals surface area contributed by atoms with E-state index in [1.807, 2.05) is 4.90 Å². The van der Waals surface area contributed by atoms with Gasteiger partial charge in [-0.1, -0.05) is 26.2 Å². The number of carbonyl (C=O) groups excluding carboxylic acids is 1. The average molecular weight is 210 g/mol. The van der Waals surface area contributed by atoms with Crippen molar-refractivity contribution < 1.29 is 4.79 Å². The van der Waals surface area contributed by atoms with E-state index in [-0.39, 0.29) is 5.41 Å². The SMILES string of the molecule is CC1(C(=O)N2CC(CN)C2)CCCCC1. The number of likely N-dealkylation sites (tertiary alicyclic amines) is 1. The van der Waals surface area contributed by atoms with Gasteiger partial charge in [-0.15, -0.1) is 0 Å². The van der Waals surface area contributed by atoms with Crippen LogP contribution in [0.1, 0.15) is 39.0 Å². The summed E-state index contributed by atoms with van der Waals surface area (Å²) in [5.41, 5.74) is 5.51. The van der Waals surface area contributed by atoms with Gasteiger partial charge < -0.3 is 10.6 Å². The highest BCUT2D eigenvalue weighted by atomic mass is 16.2. The van der Waals surface area contributed by atoms with Gasteiger partial charge in [0, 0.05) is 24.4 Å². The van der Waals surface area contributed by atoms with E-state index < -0.39 is 0 Å². The minimum atomic E-state index is -0.0577. The smallest absolute Gasteiger partial charge is 0.228 e. The maximum absolute atomic E-state index is 12.2. The van der Waals surface area contributed by atoms with Crippen molar-refractivity contribution in [1.82, 2.24) is 4.90 Å². The summed E-state index contributed by atoms with van der Waals surface area (Å²) >= 11 is 0. The van der Waals surface area contributed by atoms with Gasteiger partial charge in [0.1, 0.15) is 0 Å². The summed E-state index contributed by atoms with van der Waals surface area (Å²) in [6, 6.07) is 0. The van der Waals surface area contributed by atoms with E-state index in [0.29, 0.717) is 11.8 Å². The number of hydrogen-bond donors (Lipinski definition) is 1. The van der Waals surface area contributed by atoms with Gasteiger partial charge in [0.05, 0.1) is 0 Å². The summed E-state index contributed by atoms with van der Waals surface area (Å²) in [5.74, 6) is 0.938. The molecule has 0 bridgehead atoms. The highest BCUT2D eigenvalue weighted by Crippen LogP contribution is 2.38. The summed E-state index contributed by atoms with van der Waals surface area (Å²) in [5, 5.41) is 0. The molecule has 0 spiro atoms. The van der Waals surface area contributed by atoms with Crippen molar-refractivity contribution in [2.75, 3.05) is 19.6 Å². The summed E-state index contributed by atoms with van der Waals surface area (Å²) < 4.78 is 0. The zero-order valence-electron chi connectivity index (χ0n) is 9.67. The van der Waals surface area contributed by atoms with Crippen LogP contribution in [0, 0.1) is 11.3 Å². The fourth-order valence-electron chi connectivity index (χ4n) is 2.81. The quantitative estimate of drug-likeness (QED) is 0.748. The second-order valence-electron chi connectivity index (χ2n) is 5.43.